The zero-order valence-electron chi connectivity index (χ0n) is 13.4. The van der Waals surface area contributed by atoms with E-state index < -0.39 is 0 Å². The van der Waals surface area contributed by atoms with Gasteiger partial charge in [0.15, 0.2) is 0 Å². The Morgan fingerprint density at radius 1 is 1.17 bits per heavy atom. The van der Waals surface area contributed by atoms with Gasteiger partial charge in [0.25, 0.3) is 5.91 Å². The molecule has 0 spiro atoms. The fraction of sp³-hybridized carbons (Fsp3) is 0.167. The van der Waals surface area contributed by atoms with Crippen molar-refractivity contribution in [3.05, 3.63) is 70.5 Å². The fourth-order valence-electron chi connectivity index (χ4n) is 2.40. The Morgan fingerprint density at radius 3 is 2.71 bits per heavy atom. The normalized spacial score (nSPS) is 10.8. The van der Waals surface area contributed by atoms with Gasteiger partial charge >= 0.3 is 0 Å². The van der Waals surface area contributed by atoms with Crippen LogP contribution in [0.1, 0.15) is 35.8 Å². The van der Waals surface area contributed by atoms with E-state index >= 15 is 0 Å². The lowest BCUT2D eigenvalue weighted by molar-refractivity contribution is 0.102. The van der Waals surface area contributed by atoms with Crippen LogP contribution in [0, 0.1) is 0 Å². The van der Waals surface area contributed by atoms with Gasteiger partial charge in [0, 0.05) is 10.2 Å². The number of hydrogen-bond donors (Lipinski definition) is 1. The molecular formula is C18H17BrN4O. The highest BCUT2D eigenvalue weighted by atomic mass is 79.9. The molecule has 5 nitrogen and oxygen atoms in total. The second kappa shape index (κ2) is 6.97. The zero-order chi connectivity index (χ0) is 17.1. The number of benzene rings is 2. The molecule has 0 atom stereocenters. The number of hydrogen-bond acceptors (Lipinski definition) is 3. The number of nitrogens with zero attached hydrogens (tertiary/aromatic N) is 3. The summed E-state index contributed by atoms with van der Waals surface area (Å²) in [5.41, 5.74) is 3.18. The van der Waals surface area contributed by atoms with Crippen molar-refractivity contribution in [2.24, 2.45) is 0 Å². The van der Waals surface area contributed by atoms with Crippen LogP contribution in [0.15, 0.2) is 59.2 Å². The number of nitrogens with one attached hydrogen (secondary N) is 1. The van der Waals surface area contributed by atoms with Crippen molar-refractivity contribution < 1.29 is 4.79 Å². The first kappa shape index (κ1) is 16.4. The molecule has 1 heterocycles. The van der Waals surface area contributed by atoms with Crippen LogP contribution in [0.4, 0.5) is 5.69 Å². The maximum Gasteiger partial charge on any atom is 0.256 e. The van der Waals surface area contributed by atoms with E-state index in [0.29, 0.717) is 17.2 Å². The van der Waals surface area contributed by atoms with Crippen molar-refractivity contribution in [2.45, 2.75) is 19.8 Å². The van der Waals surface area contributed by atoms with E-state index in [4.69, 9.17) is 0 Å². The van der Waals surface area contributed by atoms with Crippen molar-refractivity contribution in [3.8, 4) is 5.69 Å². The molecule has 1 aromatic heterocycles. The van der Waals surface area contributed by atoms with Gasteiger partial charge in [-0.15, -0.1) is 5.10 Å². The lowest BCUT2D eigenvalue weighted by Crippen LogP contribution is -2.13. The molecule has 24 heavy (non-hydrogen) atoms. The van der Waals surface area contributed by atoms with Crippen LogP contribution >= 0.6 is 15.9 Å². The number of anilines is 1. The molecule has 0 saturated heterocycles. The van der Waals surface area contributed by atoms with Crippen LogP contribution < -0.4 is 5.32 Å². The average Bonchev–Trinajstić information content (AvgIpc) is 3.05. The van der Waals surface area contributed by atoms with E-state index in [9.17, 15) is 4.79 Å². The van der Waals surface area contributed by atoms with Crippen molar-refractivity contribution in [3.63, 3.8) is 0 Å². The van der Waals surface area contributed by atoms with Crippen LogP contribution in [0.5, 0.6) is 0 Å². The molecule has 0 saturated carbocycles. The SMILES string of the molecule is CC(C)c1cnnn1-c1cccc(NC(=O)c2ccccc2Br)c1. The third kappa shape index (κ3) is 3.38. The zero-order valence-corrected chi connectivity index (χ0v) is 15.0. The molecule has 3 aromatic rings. The van der Waals surface area contributed by atoms with Crippen molar-refractivity contribution in [1.82, 2.24) is 15.0 Å². The number of rotatable bonds is 4. The molecular weight excluding hydrogens is 368 g/mol. The van der Waals surface area contributed by atoms with E-state index in [1.165, 1.54) is 0 Å². The van der Waals surface area contributed by atoms with Gasteiger partial charge in [0.2, 0.25) is 0 Å². The van der Waals surface area contributed by atoms with Crippen LogP contribution in [0.2, 0.25) is 0 Å². The first-order chi connectivity index (χ1) is 11.6. The highest BCUT2D eigenvalue weighted by Gasteiger charge is 2.12. The molecule has 0 unspecified atom stereocenters. The summed E-state index contributed by atoms with van der Waals surface area (Å²) in [7, 11) is 0. The van der Waals surface area contributed by atoms with Gasteiger partial charge in [-0.05, 0) is 52.2 Å². The molecule has 122 valence electrons. The Hall–Kier alpha value is -2.47. The first-order valence-electron chi connectivity index (χ1n) is 7.63. The number of aromatic nitrogens is 3. The molecule has 0 fully saturated rings. The summed E-state index contributed by atoms with van der Waals surface area (Å²) in [5, 5.41) is 11.1. The molecule has 6 heteroatoms. The largest absolute Gasteiger partial charge is 0.322 e. The summed E-state index contributed by atoms with van der Waals surface area (Å²) in [6.07, 6.45) is 1.76. The summed E-state index contributed by atoms with van der Waals surface area (Å²) < 4.78 is 2.55. The minimum absolute atomic E-state index is 0.165. The molecule has 0 radical (unpaired) electrons. The second-order valence-electron chi connectivity index (χ2n) is 5.71. The minimum Gasteiger partial charge on any atom is -0.322 e. The van der Waals surface area contributed by atoms with Gasteiger partial charge in [-0.1, -0.05) is 37.3 Å². The highest BCUT2D eigenvalue weighted by Crippen LogP contribution is 2.21. The molecule has 0 bridgehead atoms. The van der Waals surface area contributed by atoms with Crippen molar-refractivity contribution >= 4 is 27.5 Å². The average molecular weight is 385 g/mol. The summed E-state index contributed by atoms with van der Waals surface area (Å²) in [6, 6.07) is 14.9. The Morgan fingerprint density at radius 2 is 1.96 bits per heavy atom. The van der Waals surface area contributed by atoms with E-state index in [1.54, 1.807) is 16.9 Å². The van der Waals surface area contributed by atoms with Gasteiger partial charge < -0.3 is 5.32 Å². The van der Waals surface area contributed by atoms with Gasteiger partial charge in [-0.25, -0.2) is 4.68 Å². The fourth-order valence-corrected chi connectivity index (χ4v) is 2.86. The summed E-state index contributed by atoms with van der Waals surface area (Å²) in [5.74, 6) is 0.140. The number of carbonyl (C=O) groups excluding carboxylic acids is 1. The summed E-state index contributed by atoms with van der Waals surface area (Å²) >= 11 is 3.40. The number of amides is 1. The van der Waals surface area contributed by atoms with Crippen LogP contribution in [-0.4, -0.2) is 20.9 Å². The van der Waals surface area contributed by atoms with E-state index in [-0.39, 0.29) is 5.91 Å². The standard InChI is InChI=1S/C18H17BrN4O/c1-12(2)17-11-20-22-23(17)14-7-5-6-13(10-14)21-18(24)15-8-3-4-9-16(15)19/h3-12H,1-2H3,(H,21,24). The quantitative estimate of drug-likeness (QED) is 0.724. The highest BCUT2D eigenvalue weighted by molar-refractivity contribution is 9.10. The smallest absolute Gasteiger partial charge is 0.256 e. The minimum atomic E-state index is -0.165. The third-order valence-corrected chi connectivity index (χ3v) is 4.33. The molecule has 2 aromatic carbocycles. The maximum absolute atomic E-state index is 12.4. The van der Waals surface area contributed by atoms with Crippen LogP contribution in [0.25, 0.3) is 5.69 Å². The topological polar surface area (TPSA) is 59.8 Å². The molecule has 0 aliphatic heterocycles. The lowest BCUT2D eigenvalue weighted by Gasteiger charge is -2.11. The molecule has 3 rings (SSSR count). The predicted octanol–water partition coefficient (Wildman–Crippen LogP) is 4.41. The van der Waals surface area contributed by atoms with Gasteiger partial charge in [0.05, 0.1) is 23.1 Å². The van der Waals surface area contributed by atoms with E-state index in [2.05, 4.69) is 45.4 Å². The number of halogens is 1. The third-order valence-electron chi connectivity index (χ3n) is 3.63. The van der Waals surface area contributed by atoms with Crippen molar-refractivity contribution in [1.29, 1.82) is 0 Å². The lowest BCUT2D eigenvalue weighted by atomic mass is 10.1. The Bertz CT molecular complexity index is 873. The monoisotopic (exact) mass is 384 g/mol. The Labute approximate surface area is 148 Å². The van der Waals surface area contributed by atoms with Gasteiger partial charge in [0.1, 0.15) is 0 Å². The van der Waals surface area contributed by atoms with Gasteiger partial charge in [-0.2, -0.15) is 0 Å². The molecule has 1 N–H and O–H groups in total. The maximum atomic E-state index is 12.4. The van der Waals surface area contributed by atoms with E-state index in [0.717, 1.165) is 15.9 Å². The van der Waals surface area contributed by atoms with E-state index in [1.807, 2.05) is 42.5 Å². The first-order valence-corrected chi connectivity index (χ1v) is 8.42. The predicted molar refractivity (Wildman–Crippen MR) is 97.5 cm³/mol. The Kier molecular flexibility index (Phi) is 4.76. The van der Waals surface area contributed by atoms with Crippen LogP contribution in [-0.2, 0) is 0 Å². The Balaban J connectivity index is 1.87. The molecule has 0 aliphatic carbocycles. The second-order valence-corrected chi connectivity index (χ2v) is 6.56. The summed E-state index contributed by atoms with van der Waals surface area (Å²) in [6.45, 7) is 4.18. The molecule has 0 aliphatic rings. The van der Waals surface area contributed by atoms with Gasteiger partial charge in [-0.3, -0.25) is 4.79 Å². The molecule has 1 amide bonds. The number of carbonyl (C=O) groups is 1. The van der Waals surface area contributed by atoms with Crippen molar-refractivity contribution in [2.75, 3.05) is 5.32 Å². The van der Waals surface area contributed by atoms with Crippen LogP contribution in [0.3, 0.4) is 0 Å². The summed E-state index contributed by atoms with van der Waals surface area (Å²) in [4.78, 5) is 12.4.